The molecule has 0 spiro atoms. The number of rotatable bonds is 4. The van der Waals surface area contributed by atoms with E-state index in [0.29, 0.717) is 10.6 Å². The lowest BCUT2D eigenvalue weighted by Gasteiger charge is -1.92. The molecule has 0 amide bonds. The number of benzene rings is 1. The van der Waals surface area contributed by atoms with Gasteiger partial charge in [0.25, 0.3) is 0 Å². The minimum atomic E-state index is 0.606. The molecule has 1 aromatic carbocycles. The van der Waals surface area contributed by atoms with Gasteiger partial charge in [0.2, 0.25) is 0 Å². The van der Waals surface area contributed by atoms with Crippen LogP contribution in [0.25, 0.3) is 10.6 Å². The summed E-state index contributed by atoms with van der Waals surface area (Å²) in [7, 11) is 0. The molecule has 2 rings (SSSR count). The van der Waals surface area contributed by atoms with Crippen molar-refractivity contribution >= 4 is 17.6 Å². The van der Waals surface area contributed by atoms with Gasteiger partial charge in [-0.25, -0.2) is 4.98 Å². The van der Waals surface area contributed by atoms with Gasteiger partial charge in [-0.3, -0.25) is 4.79 Å². The Bertz CT molecular complexity index is 605. The maximum absolute atomic E-state index is 11.1. The molecular formula is C16H15NOS. The number of hydrogen-bond acceptors (Lipinski definition) is 3. The molecule has 96 valence electrons. The third-order valence-electron chi connectivity index (χ3n) is 2.64. The molecule has 0 aliphatic rings. The Morgan fingerprint density at radius 3 is 2.79 bits per heavy atom. The first-order valence-corrected chi connectivity index (χ1v) is 7.17. The van der Waals surface area contributed by atoms with Gasteiger partial charge < -0.3 is 0 Å². The van der Waals surface area contributed by atoms with E-state index in [1.165, 1.54) is 11.3 Å². The van der Waals surface area contributed by atoms with Crippen molar-refractivity contribution in [1.82, 2.24) is 4.98 Å². The van der Waals surface area contributed by atoms with Gasteiger partial charge in [0, 0.05) is 12.0 Å². The van der Waals surface area contributed by atoms with Crippen molar-refractivity contribution < 1.29 is 4.79 Å². The largest absolute Gasteiger partial charge is 0.297 e. The Balaban J connectivity index is 2.27. The van der Waals surface area contributed by atoms with Gasteiger partial charge in [-0.15, -0.1) is 11.3 Å². The predicted molar refractivity (Wildman–Crippen MR) is 79.3 cm³/mol. The van der Waals surface area contributed by atoms with Gasteiger partial charge in [0.15, 0.2) is 6.29 Å². The molecule has 0 unspecified atom stereocenters. The van der Waals surface area contributed by atoms with Crippen LogP contribution in [-0.4, -0.2) is 11.3 Å². The Morgan fingerprint density at radius 1 is 1.32 bits per heavy atom. The van der Waals surface area contributed by atoms with E-state index < -0.39 is 0 Å². The standard InChI is InChI=1S/C16H15NOS/c1-2-3-4-8-11-14-15(12-18)19-16(17-14)13-9-6-5-7-10-13/h5-7,9-10,12H,2-4H2,1H3. The van der Waals surface area contributed by atoms with Crippen LogP contribution in [0, 0.1) is 11.8 Å². The van der Waals surface area contributed by atoms with Gasteiger partial charge in [-0.1, -0.05) is 49.6 Å². The Labute approximate surface area is 117 Å². The van der Waals surface area contributed by atoms with E-state index in [-0.39, 0.29) is 0 Å². The lowest BCUT2D eigenvalue weighted by atomic mass is 10.2. The number of hydrogen-bond donors (Lipinski definition) is 0. The van der Waals surface area contributed by atoms with Crippen LogP contribution >= 0.6 is 11.3 Å². The van der Waals surface area contributed by atoms with Crippen molar-refractivity contribution in [3.8, 4) is 22.4 Å². The highest BCUT2D eigenvalue weighted by Gasteiger charge is 2.09. The summed E-state index contributed by atoms with van der Waals surface area (Å²) in [6, 6.07) is 9.86. The summed E-state index contributed by atoms with van der Waals surface area (Å²) in [5.41, 5.74) is 1.63. The summed E-state index contributed by atoms with van der Waals surface area (Å²) in [5, 5.41) is 0.850. The third kappa shape index (κ3) is 3.52. The number of nitrogens with zero attached hydrogens (tertiary/aromatic N) is 1. The van der Waals surface area contributed by atoms with Gasteiger partial charge >= 0.3 is 0 Å². The van der Waals surface area contributed by atoms with Crippen molar-refractivity contribution in [2.75, 3.05) is 0 Å². The summed E-state index contributed by atoms with van der Waals surface area (Å²) in [4.78, 5) is 16.1. The minimum absolute atomic E-state index is 0.606. The SMILES string of the molecule is CCCCC#Cc1nc(-c2ccccc2)sc1C=O. The molecule has 0 fully saturated rings. The predicted octanol–water partition coefficient (Wildman–Crippen LogP) is 4.16. The normalized spacial score (nSPS) is 9.74. The van der Waals surface area contributed by atoms with Crippen molar-refractivity contribution in [3.05, 3.63) is 40.9 Å². The highest BCUT2D eigenvalue weighted by atomic mass is 32.1. The van der Waals surface area contributed by atoms with Crippen LogP contribution in [0.15, 0.2) is 30.3 Å². The zero-order chi connectivity index (χ0) is 13.5. The van der Waals surface area contributed by atoms with E-state index in [0.717, 1.165) is 36.1 Å². The Hall–Kier alpha value is -1.92. The first kappa shape index (κ1) is 13.5. The number of aromatic nitrogens is 1. The molecule has 0 N–H and O–H groups in total. The zero-order valence-electron chi connectivity index (χ0n) is 10.8. The number of carbonyl (C=O) groups is 1. The van der Waals surface area contributed by atoms with Crippen LogP contribution in [0.2, 0.25) is 0 Å². The molecule has 0 atom stereocenters. The maximum Gasteiger partial charge on any atom is 0.162 e. The van der Waals surface area contributed by atoms with Crippen LogP contribution in [0.3, 0.4) is 0 Å². The van der Waals surface area contributed by atoms with E-state index in [1.807, 2.05) is 30.3 Å². The minimum Gasteiger partial charge on any atom is -0.297 e. The molecule has 1 aromatic heterocycles. The van der Waals surface area contributed by atoms with E-state index in [2.05, 4.69) is 23.7 Å². The fraction of sp³-hybridized carbons (Fsp3) is 0.250. The van der Waals surface area contributed by atoms with Crippen molar-refractivity contribution in [2.24, 2.45) is 0 Å². The van der Waals surface area contributed by atoms with Crippen LogP contribution in [0.5, 0.6) is 0 Å². The van der Waals surface area contributed by atoms with Crippen molar-refractivity contribution in [3.63, 3.8) is 0 Å². The highest BCUT2D eigenvalue weighted by Crippen LogP contribution is 2.26. The molecule has 0 saturated heterocycles. The summed E-state index contributed by atoms with van der Waals surface area (Å²) < 4.78 is 0. The van der Waals surface area contributed by atoms with Crippen molar-refractivity contribution in [2.45, 2.75) is 26.2 Å². The summed E-state index contributed by atoms with van der Waals surface area (Å²) in [5.74, 6) is 6.08. The molecule has 2 aromatic rings. The van der Waals surface area contributed by atoms with E-state index in [1.54, 1.807) is 0 Å². The monoisotopic (exact) mass is 269 g/mol. The second kappa shape index (κ2) is 6.86. The summed E-state index contributed by atoms with van der Waals surface area (Å²) >= 11 is 1.39. The van der Waals surface area contributed by atoms with E-state index in [4.69, 9.17) is 0 Å². The van der Waals surface area contributed by atoms with Crippen LogP contribution < -0.4 is 0 Å². The maximum atomic E-state index is 11.1. The third-order valence-corrected chi connectivity index (χ3v) is 3.67. The van der Waals surface area contributed by atoms with Crippen molar-refractivity contribution in [1.29, 1.82) is 0 Å². The smallest absolute Gasteiger partial charge is 0.162 e. The molecule has 0 saturated carbocycles. The molecule has 0 aliphatic heterocycles. The van der Waals surface area contributed by atoms with Gasteiger partial charge in [-0.2, -0.15) is 0 Å². The topological polar surface area (TPSA) is 30.0 Å². The second-order valence-corrected chi connectivity index (χ2v) is 5.15. The first-order chi connectivity index (χ1) is 9.35. The van der Waals surface area contributed by atoms with Crippen LogP contribution in [-0.2, 0) is 0 Å². The number of aldehydes is 1. The summed E-state index contributed by atoms with van der Waals surface area (Å²) in [6.07, 6.45) is 3.90. The fourth-order valence-corrected chi connectivity index (χ4v) is 2.46. The molecule has 1 heterocycles. The molecule has 2 nitrogen and oxygen atoms in total. The zero-order valence-corrected chi connectivity index (χ0v) is 11.7. The summed E-state index contributed by atoms with van der Waals surface area (Å²) in [6.45, 7) is 2.13. The molecule has 3 heteroatoms. The Morgan fingerprint density at radius 2 is 2.11 bits per heavy atom. The van der Waals surface area contributed by atoms with Gasteiger partial charge in [-0.05, 0) is 12.3 Å². The molecule has 19 heavy (non-hydrogen) atoms. The lowest BCUT2D eigenvalue weighted by Crippen LogP contribution is -1.82. The number of unbranched alkanes of at least 4 members (excludes halogenated alkanes) is 2. The van der Waals surface area contributed by atoms with Gasteiger partial charge in [0.05, 0.1) is 0 Å². The van der Waals surface area contributed by atoms with Crippen LogP contribution in [0.1, 0.15) is 41.6 Å². The first-order valence-electron chi connectivity index (χ1n) is 6.35. The quantitative estimate of drug-likeness (QED) is 0.474. The average molecular weight is 269 g/mol. The lowest BCUT2D eigenvalue weighted by molar-refractivity contribution is 0.112. The molecule has 0 aliphatic carbocycles. The van der Waals surface area contributed by atoms with Crippen LogP contribution in [0.4, 0.5) is 0 Å². The molecule has 0 radical (unpaired) electrons. The molecular weight excluding hydrogens is 254 g/mol. The fourth-order valence-electron chi connectivity index (χ4n) is 1.62. The second-order valence-electron chi connectivity index (χ2n) is 4.12. The van der Waals surface area contributed by atoms with E-state index >= 15 is 0 Å². The average Bonchev–Trinajstić information content (AvgIpc) is 2.88. The number of thiazole rings is 1. The molecule has 0 bridgehead atoms. The highest BCUT2D eigenvalue weighted by molar-refractivity contribution is 7.16. The Kier molecular flexibility index (Phi) is 4.88. The number of carbonyl (C=O) groups excluding carboxylic acids is 1. The van der Waals surface area contributed by atoms with E-state index in [9.17, 15) is 4.79 Å². The van der Waals surface area contributed by atoms with Gasteiger partial charge in [0.1, 0.15) is 15.6 Å².